The van der Waals surface area contributed by atoms with E-state index >= 15 is 0 Å². The predicted octanol–water partition coefficient (Wildman–Crippen LogP) is -0.517. The summed E-state index contributed by atoms with van der Waals surface area (Å²) in [4.78, 5) is 10.8. The molecule has 0 rings (SSSR count). The third-order valence-corrected chi connectivity index (χ3v) is 2.08. The fourth-order valence-electron chi connectivity index (χ4n) is 0.675. The van der Waals surface area contributed by atoms with E-state index in [0.717, 1.165) is 6.42 Å². The Hall–Kier alpha value is -0.610. The molecule has 4 heteroatoms. The second-order valence-corrected chi connectivity index (χ2v) is 3.10. The van der Waals surface area contributed by atoms with Crippen LogP contribution in [0.5, 0.6) is 0 Å². The van der Waals surface area contributed by atoms with Gasteiger partial charge in [-0.3, -0.25) is 4.79 Å². The zero-order valence-corrected chi connectivity index (χ0v) is 7.98. The van der Waals surface area contributed by atoms with Gasteiger partial charge < -0.3 is 15.7 Å². The molecule has 1 unspecified atom stereocenters. The van der Waals surface area contributed by atoms with Gasteiger partial charge in [-0.25, -0.2) is 0 Å². The summed E-state index contributed by atoms with van der Waals surface area (Å²) in [5.41, 5.74) is -0.341. The van der Waals surface area contributed by atoms with E-state index in [1.54, 1.807) is 7.05 Å². The monoisotopic (exact) mass is 174 g/mol. The summed E-state index contributed by atoms with van der Waals surface area (Å²) >= 11 is 0. The minimum Gasteiger partial charge on any atom is -0.394 e. The van der Waals surface area contributed by atoms with E-state index in [9.17, 15) is 4.79 Å². The molecule has 0 aliphatic carbocycles. The van der Waals surface area contributed by atoms with E-state index in [-0.39, 0.29) is 24.6 Å². The molecule has 0 spiro atoms. The maximum Gasteiger partial charge on any atom is 0.233 e. The Morgan fingerprint density at radius 3 is 2.50 bits per heavy atom. The molecular weight excluding hydrogens is 156 g/mol. The van der Waals surface area contributed by atoms with E-state index in [4.69, 9.17) is 5.11 Å². The van der Waals surface area contributed by atoms with Gasteiger partial charge in [0, 0.05) is 12.6 Å². The van der Waals surface area contributed by atoms with Gasteiger partial charge in [0.25, 0.3) is 0 Å². The Bertz CT molecular complexity index is 144. The number of likely N-dealkylation sites (N-methyl/N-ethyl adjacent to an activating group) is 1. The van der Waals surface area contributed by atoms with Crippen molar-refractivity contribution in [1.82, 2.24) is 10.6 Å². The number of amides is 1. The summed E-state index contributed by atoms with van der Waals surface area (Å²) in [6.45, 7) is 4.14. The lowest BCUT2D eigenvalue weighted by Gasteiger charge is -2.26. The lowest BCUT2D eigenvalue weighted by atomic mass is 10.0. The summed E-state index contributed by atoms with van der Waals surface area (Å²) in [5, 5.41) is 14.5. The van der Waals surface area contributed by atoms with E-state index in [2.05, 4.69) is 10.6 Å². The molecule has 0 fully saturated rings. The van der Waals surface area contributed by atoms with Gasteiger partial charge in [-0.15, -0.1) is 0 Å². The van der Waals surface area contributed by atoms with Crippen molar-refractivity contribution >= 4 is 5.91 Å². The quantitative estimate of drug-likeness (QED) is 0.526. The van der Waals surface area contributed by atoms with Gasteiger partial charge in [0.2, 0.25) is 5.91 Å². The lowest BCUT2D eigenvalue weighted by molar-refractivity contribution is -0.120. The van der Waals surface area contributed by atoms with Crippen LogP contribution in [0.2, 0.25) is 0 Å². The molecule has 1 atom stereocenters. The average molecular weight is 174 g/mol. The van der Waals surface area contributed by atoms with Crippen LogP contribution in [0, 0.1) is 0 Å². The van der Waals surface area contributed by atoms with Gasteiger partial charge in [0.1, 0.15) is 0 Å². The normalized spacial score (nSPS) is 15.3. The van der Waals surface area contributed by atoms with Crippen molar-refractivity contribution in [2.24, 2.45) is 0 Å². The van der Waals surface area contributed by atoms with Gasteiger partial charge >= 0.3 is 0 Å². The number of carbonyl (C=O) groups excluding carboxylic acids is 1. The van der Waals surface area contributed by atoms with Crippen LogP contribution in [-0.4, -0.2) is 36.8 Å². The molecule has 72 valence electrons. The summed E-state index contributed by atoms with van der Waals surface area (Å²) in [7, 11) is 1.59. The van der Waals surface area contributed by atoms with Gasteiger partial charge in [-0.2, -0.15) is 0 Å². The van der Waals surface area contributed by atoms with Crippen LogP contribution in [0.1, 0.15) is 20.3 Å². The number of aliphatic hydroxyl groups is 1. The van der Waals surface area contributed by atoms with Crippen LogP contribution < -0.4 is 10.6 Å². The highest BCUT2D eigenvalue weighted by Crippen LogP contribution is 2.06. The topological polar surface area (TPSA) is 61.4 Å². The summed E-state index contributed by atoms with van der Waals surface area (Å²) in [6.07, 6.45) is 0.792. The second kappa shape index (κ2) is 5.11. The third-order valence-electron chi connectivity index (χ3n) is 2.08. The SMILES string of the molecule is CCC(C)(CO)NCC(=O)NC. The first-order valence-electron chi connectivity index (χ1n) is 4.14. The van der Waals surface area contributed by atoms with Crippen LogP contribution in [0.15, 0.2) is 0 Å². The molecule has 12 heavy (non-hydrogen) atoms. The molecule has 0 aliphatic rings. The Labute approximate surface area is 73.3 Å². The summed E-state index contributed by atoms with van der Waals surface area (Å²) in [5.74, 6) is -0.0666. The first-order valence-corrected chi connectivity index (χ1v) is 4.14. The van der Waals surface area contributed by atoms with Crippen molar-refractivity contribution in [3.63, 3.8) is 0 Å². The van der Waals surface area contributed by atoms with Crippen molar-refractivity contribution in [3.05, 3.63) is 0 Å². The van der Waals surface area contributed by atoms with Crippen LogP contribution >= 0.6 is 0 Å². The number of aliphatic hydroxyl groups excluding tert-OH is 1. The van der Waals surface area contributed by atoms with Gasteiger partial charge in [0.15, 0.2) is 0 Å². The summed E-state index contributed by atoms with van der Waals surface area (Å²) < 4.78 is 0. The first-order chi connectivity index (χ1) is 5.58. The van der Waals surface area contributed by atoms with Crippen LogP contribution in [0.3, 0.4) is 0 Å². The second-order valence-electron chi connectivity index (χ2n) is 3.10. The molecule has 0 saturated heterocycles. The van der Waals surface area contributed by atoms with Gasteiger partial charge in [0.05, 0.1) is 13.2 Å². The van der Waals surface area contributed by atoms with E-state index in [1.165, 1.54) is 0 Å². The van der Waals surface area contributed by atoms with E-state index in [0.29, 0.717) is 0 Å². The first kappa shape index (κ1) is 11.4. The Morgan fingerprint density at radius 1 is 1.58 bits per heavy atom. The van der Waals surface area contributed by atoms with Crippen molar-refractivity contribution in [2.75, 3.05) is 20.2 Å². The Morgan fingerprint density at radius 2 is 2.17 bits per heavy atom. The molecule has 3 N–H and O–H groups in total. The predicted molar refractivity (Wildman–Crippen MR) is 47.9 cm³/mol. The highest BCUT2D eigenvalue weighted by atomic mass is 16.3. The van der Waals surface area contributed by atoms with Crippen molar-refractivity contribution in [1.29, 1.82) is 0 Å². The maximum atomic E-state index is 10.8. The largest absolute Gasteiger partial charge is 0.394 e. The molecule has 0 saturated carbocycles. The van der Waals surface area contributed by atoms with Crippen molar-refractivity contribution in [3.8, 4) is 0 Å². The molecule has 1 amide bonds. The van der Waals surface area contributed by atoms with Crippen LogP contribution in [-0.2, 0) is 4.79 Å². The molecule has 0 radical (unpaired) electrons. The van der Waals surface area contributed by atoms with Crippen LogP contribution in [0.25, 0.3) is 0 Å². The van der Waals surface area contributed by atoms with Crippen molar-refractivity contribution < 1.29 is 9.90 Å². The minimum absolute atomic E-state index is 0.0422. The van der Waals surface area contributed by atoms with Gasteiger partial charge in [-0.05, 0) is 13.3 Å². The third kappa shape index (κ3) is 3.69. The molecule has 0 bridgehead atoms. The highest BCUT2D eigenvalue weighted by Gasteiger charge is 2.20. The number of nitrogens with one attached hydrogen (secondary N) is 2. The molecule has 0 heterocycles. The summed E-state index contributed by atoms with van der Waals surface area (Å²) in [6, 6.07) is 0. The number of hydrogen-bond acceptors (Lipinski definition) is 3. The number of carbonyl (C=O) groups is 1. The Kier molecular flexibility index (Phi) is 4.85. The van der Waals surface area contributed by atoms with Gasteiger partial charge in [-0.1, -0.05) is 6.92 Å². The molecule has 0 aromatic carbocycles. The zero-order valence-electron chi connectivity index (χ0n) is 7.98. The zero-order chi connectivity index (χ0) is 9.61. The van der Waals surface area contributed by atoms with Crippen molar-refractivity contribution in [2.45, 2.75) is 25.8 Å². The molecule has 0 aromatic rings. The molecule has 4 nitrogen and oxygen atoms in total. The molecular formula is C8H18N2O2. The molecule has 0 aromatic heterocycles. The standard InChI is InChI=1S/C8H18N2O2/c1-4-8(2,6-11)10-5-7(12)9-3/h10-11H,4-6H2,1-3H3,(H,9,12). The fraction of sp³-hybridized carbons (Fsp3) is 0.875. The number of hydrogen-bond donors (Lipinski definition) is 3. The fourth-order valence-corrected chi connectivity index (χ4v) is 0.675. The highest BCUT2D eigenvalue weighted by molar-refractivity contribution is 5.77. The van der Waals surface area contributed by atoms with E-state index < -0.39 is 0 Å². The lowest BCUT2D eigenvalue weighted by Crippen LogP contribution is -2.48. The van der Waals surface area contributed by atoms with E-state index in [1.807, 2.05) is 13.8 Å². The molecule has 0 aliphatic heterocycles. The Balaban J connectivity index is 3.80. The maximum absolute atomic E-state index is 10.8. The minimum atomic E-state index is -0.341. The van der Waals surface area contributed by atoms with Crippen LogP contribution in [0.4, 0.5) is 0 Å². The average Bonchev–Trinajstić information content (AvgIpc) is 2.13. The number of rotatable bonds is 5. The smallest absolute Gasteiger partial charge is 0.233 e.